The molecule has 14 heteroatoms. The number of anilines is 1. The van der Waals surface area contributed by atoms with Crippen LogP contribution in [0.25, 0.3) is 10.2 Å². The summed E-state index contributed by atoms with van der Waals surface area (Å²) in [4.78, 5) is 18.2. The Morgan fingerprint density at radius 1 is 1.14 bits per heavy atom. The van der Waals surface area contributed by atoms with E-state index >= 15 is 0 Å². The number of hydrogen-bond acceptors (Lipinski definition) is 12. The molecule has 12 nitrogen and oxygen atoms in total. The molecule has 0 unspecified atom stereocenters. The molecule has 3 aliphatic heterocycles. The summed E-state index contributed by atoms with van der Waals surface area (Å²) >= 11 is 1.43. The van der Waals surface area contributed by atoms with Crippen LogP contribution in [0.1, 0.15) is 73.6 Å². The summed E-state index contributed by atoms with van der Waals surface area (Å²) in [6, 6.07) is 5.27. The van der Waals surface area contributed by atoms with Crippen molar-refractivity contribution in [3.05, 3.63) is 18.2 Å². The molecular weight excluding hydrogens is 669 g/mol. The highest BCUT2D eigenvalue weighted by molar-refractivity contribution is 7.89. The molecular formula is C35H56N4O8S2. The molecule has 1 aromatic carbocycles. The monoisotopic (exact) mass is 724 g/mol. The average molecular weight is 725 g/mol. The predicted octanol–water partition coefficient (Wildman–Crippen LogP) is 4.62. The van der Waals surface area contributed by atoms with Crippen LogP contribution >= 0.6 is 11.3 Å². The molecule has 5 rings (SSSR count). The van der Waals surface area contributed by atoms with E-state index in [9.17, 15) is 18.3 Å². The summed E-state index contributed by atoms with van der Waals surface area (Å²) in [5.74, 6) is -0.617. The van der Waals surface area contributed by atoms with Crippen molar-refractivity contribution >= 4 is 42.7 Å². The van der Waals surface area contributed by atoms with Crippen LogP contribution in [0, 0.1) is 23.7 Å². The van der Waals surface area contributed by atoms with Crippen molar-refractivity contribution < 1.29 is 37.3 Å². The highest BCUT2D eigenvalue weighted by Gasteiger charge is 2.53. The van der Waals surface area contributed by atoms with Gasteiger partial charge in [-0.25, -0.2) is 13.4 Å². The Hall–Kier alpha value is -1.91. The number of ether oxygens (including phenoxy) is 4. The molecule has 4 heterocycles. The molecule has 0 spiro atoms. The lowest BCUT2D eigenvalue weighted by Crippen LogP contribution is -2.59. The van der Waals surface area contributed by atoms with Gasteiger partial charge in [-0.15, -0.1) is 0 Å². The number of hydrogen-bond donors (Lipinski definition) is 3. The molecule has 3 saturated heterocycles. The quantitative estimate of drug-likeness (QED) is 0.208. The van der Waals surface area contributed by atoms with Crippen LogP contribution in [0.15, 0.2) is 23.1 Å². The number of carbonyl (C=O) groups is 1. The number of benzene rings is 1. The zero-order valence-electron chi connectivity index (χ0n) is 29.9. The second-order valence-corrected chi connectivity index (χ2v) is 17.9. The number of carbonyl (C=O) groups excluding carboxylic acids is 1. The van der Waals surface area contributed by atoms with Crippen LogP contribution in [0.3, 0.4) is 0 Å². The van der Waals surface area contributed by atoms with Gasteiger partial charge >= 0.3 is 5.97 Å². The van der Waals surface area contributed by atoms with Crippen LogP contribution in [0.5, 0.6) is 0 Å². The van der Waals surface area contributed by atoms with E-state index in [4.69, 9.17) is 18.9 Å². The normalized spacial score (nSPS) is 26.4. The lowest BCUT2D eigenvalue weighted by atomic mass is 9.78. The molecule has 3 N–H and O–H groups in total. The number of nitrogens with zero attached hydrogens (tertiary/aromatic N) is 2. The molecule has 276 valence electrons. The fraction of sp³-hybridized carbons (Fsp3) is 0.771. The van der Waals surface area contributed by atoms with Crippen LogP contribution in [0.4, 0.5) is 5.13 Å². The first-order chi connectivity index (χ1) is 23.3. The van der Waals surface area contributed by atoms with Gasteiger partial charge in [0.05, 0.1) is 46.8 Å². The van der Waals surface area contributed by atoms with Gasteiger partial charge in [0.25, 0.3) is 0 Å². The molecule has 0 saturated carbocycles. The Morgan fingerprint density at radius 3 is 2.59 bits per heavy atom. The zero-order valence-corrected chi connectivity index (χ0v) is 31.5. The number of fused-ring (bicyclic) bond motifs is 2. The molecule has 0 aliphatic carbocycles. The number of aromatic nitrogens is 1. The maximum Gasteiger partial charge on any atom is 0.306 e. The Kier molecular flexibility index (Phi) is 13.0. The van der Waals surface area contributed by atoms with Crippen LogP contribution < -0.4 is 10.6 Å². The largest absolute Gasteiger partial charge is 0.459 e. The molecule has 3 aliphatic rings. The molecule has 0 radical (unpaired) electrons. The van der Waals surface area contributed by atoms with Crippen LogP contribution in [-0.4, -0.2) is 105 Å². The van der Waals surface area contributed by atoms with Crippen molar-refractivity contribution in [1.29, 1.82) is 0 Å². The summed E-state index contributed by atoms with van der Waals surface area (Å²) in [5, 5.41) is 19.3. The number of aliphatic hydroxyl groups is 1. The molecule has 0 bridgehead atoms. The SMILES string of the molecule is CC[C@H](CC(=O)O[C@H]1CO[C@H]2OCC[C@](C)(NCC(C)C)[C@H]21)[C@H](O)CN(CC(C)C)S(=O)(=O)c1ccc2nc(NC3CCOCC3)sc2c1. The first kappa shape index (κ1) is 38.3. The van der Waals surface area contributed by atoms with Gasteiger partial charge < -0.3 is 34.7 Å². The number of aliphatic hydroxyl groups excluding tert-OH is 1. The minimum Gasteiger partial charge on any atom is -0.459 e. The molecule has 49 heavy (non-hydrogen) atoms. The van der Waals surface area contributed by atoms with E-state index < -0.39 is 40.4 Å². The molecule has 6 atom stereocenters. The minimum absolute atomic E-state index is 0.0149. The smallest absolute Gasteiger partial charge is 0.306 e. The Balaban J connectivity index is 1.24. The zero-order chi connectivity index (χ0) is 35.3. The summed E-state index contributed by atoms with van der Waals surface area (Å²) in [6.07, 6.45) is 1.02. The number of sulfonamides is 1. The van der Waals surface area contributed by atoms with Gasteiger partial charge in [0.15, 0.2) is 11.4 Å². The highest BCUT2D eigenvalue weighted by atomic mass is 32.2. The van der Waals surface area contributed by atoms with Crippen molar-refractivity contribution in [3.8, 4) is 0 Å². The minimum atomic E-state index is -3.97. The molecule has 1 aromatic heterocycles. The van der Waals surface area contributed by atoms with Gasteiger partial charge in [0.2, 0.25) is 10.0 Å². The lowest BCUT2D eigenvalue weighted by molar-refractivity contribution is -0.181. The van der Waals surface area contributed by atoms with Gasteiger partial charge in [0.1, 0.15) is 6.10 Å². The van der Waals surface area contributed by atoms with Gasteiger partial charge in [0, 0.05) is 37.9 Å². The first-order valence-corrected chi connectivity index (χ1v) is 20.2. The number of nitrogens with one attached hydrogen (secondary N) is 2. The summed E-state index contributed by atoms with van der Waals surface area (Å²) < 4.78 is 53.5. The Morgan fingerprint density at radius 2 is 1.90 bits per heavy atom. The second-order valence-electron chi connectivity index (χ2n) is 14.9. The van der Waals surface area contributed by atoms with E-state index in [2.05, 4.69) is 36.4 Å². The van der Waals surface area contributed by atoms with Gasteiger partial charge in [-0.05, 0) is 68.7 Å². The van der Waals surface area contributed by atoms with E-state index in [1.165, 1.54) is 15.6 Å². The standard InChI is InChI=1S/C35H56N4O8S2/c1-7-24(16-31(41)47-29-21-46-33-32(29)35(6,12-15-45-33)36-18-22(2)3)28(40)20-39(19-23(4)5)49(42,43)26-8-9-27-30(17-26)48-34(38-27)37-25-10-13-44-14-11-25/h8-9,17,22-25,28-29,32-33,36,40H,7,10-16,18-21H2,1-6H3,(H,37,38)/t24-,28-,29+,32+,33-,35+/m1/s1. The average Bonchev–Trinajstić information content (AvgIpc) is 3.66. The summed E-state index contributed by atoms with van der Waals surface area (Å²) in [6.45, 7) is 15.4. The maximum atomic E-state index is 14.1. The molecule has 3 fully saturated rings. The highest BCUT2D eigenvalue weighted by Crippen LogP contribution is 2.40. The predicted molar refractivity (Wildman–Crippen MR) is 190 cm³/mol. The number of thiazole rings is 1. The molecule has 2 aromatic rings. The van der Waals surface area contributed by atoms with E-state index in [0.29, 0.717) is 32.2 Å². The third-order valence-corrected chi connectivity index (χ3v) is 12.7. The lowest BCUT2D eigenvalue weighted by Gasteiger charge is -2.44. The van der Waals surface area contributed by atoms with Gasteiger partial charge in [-0.2, -0.15) is 4.31 Å². The van der Waals surface area contributed by atoms with Crippen LogP contribution in [-0.2, 0) is 33.8 Å². The Bertz CT molecular complexity index is 1500. The number of rotatable bonds is 16. The van der Waals surface area contributed by atoms with Crippen molar-refractivity contribution in [2.45, 2.75) is 109 Å². The van der Waals surface area contributed by atoms with Crippen molar-refractivity contribution in [2.24, 2.45) is 23.7 Å². The molecule has 0 amide bonds. The van der Waals surface area contributed by atoms with Gasteiger partial charge in [-0.3, -0.25) is 4.79 Å². The Labute approximate surface area is 295 Å². The fourth-order valence-corrected chi connectivity index (χ4v) is 9.76. The summed E-state index contributed by atoms with van der Waals surface area (Å²) in [5.41, 5.74) is 0.419. The van der Waals surface area contributed by atoms with Crippen molar-refractivity contribution in [3.63, 3.8) is 0 Å². The van der Waals surface area contributed by atoms with Crippen molar-refractivity contribution in [1.82, 2.24) is 14.6 Å². The van der Waals surface area contributed by atoms with Crippen molar-refractivity contribution in [2.75, 3.05) is 51.4 Å². The van der Waals surface area contributed by atoms with E-state index in [1.807, 2.05) is 20.8 Å². The van der Waals surface area contributed by atoms with Crippen LogP contribution in [0.2, 0.25) is 0 Å². The second kappa shape index (κ2) is 16.6. The van der Waals surface area contributed by atoms with E-state index in [-0.39, 0.29) is 54.4 Å². The maximum absolute atomic E-state index is 14.1. The summed E-state index contributed by atoms with van der Waals surface area (Å²) in [7, 11) is -3.97. The topological polar surface area (TPSA) is 149 Å². The number of esters is 1. The van der Waals surface area contributed by atoms with Gasteiger partial charge in [-0.1, -0.05) is 52.4 Å². The third-order valence-electron chi connectivity index (χ3n) is 9.96. The fourth-order valence-electron chi connectivity index (χ4n) is 7.05. The third kappa shape index (κ3) is 9.50. The van der Waals surface area contributed by atoms with E-state index in [1.54, 1.807) is 18.2 Å². The van der Waals surface area contributed by atoms with E-state index in [0.717, 1.165) is 41.2 Å². The first-order valence-electron chi connectivity index (χ1n) is 17.9.